The number of ether oxygens (including phenoxy) is 2. The minimum absolute atomic E-state index is 0.298. The molecule has 144 valence electrons. The van der Waals surface area contributed by atoms with E-state index in [-0.39, 0.29) is 5.91 Å². The molecule has 0 atom stereocenters. The third-order valence-corrected chi connectivity index (χ3v) is 4.32. The number of hydrogen-bond acceptors (Lipinski definition) is 6. The number of nitrogens with zero attached hydrogens (tertiary/aromatic N) is 2. The van der Waals surface area contributed by atoms with Gasteiger partial charge >= 0.3 is 0 Å². The van der Waals surface area contributed by atoms with Gasteiger partial charge in [0, 0.05) is 30.2 Å². The summed E-state index contributed by atoms with van der Waals surface area (Å²) in [7, 11) is 2.98. The van der Waals surface area contributed by atoms with Crippen molar-refractivity contribution in [1.82, 2.24) is 9.97 Å². The van der Waals surface area contributed by atoms with Gasteiger partial charge in [-0.15, -0.1) is 0 Å². The van der Waals surface area contributed by atoms with Gasteiger partial charge in [-0.25, -0.2) is 9.97 Å². The Balaban J connectivity index is 1.76. The summed E-state index contributed by atoms with van der Waals surface area (Å²) in [6.45, 7) is 1.98. The second-order valence-electron chi connectivity index (χ2n) is 5.88. The van der Waals surface area contributed by atoms with Crippen molar-refractivity contribution in [3.05, 3.63) is 64.9 Å². The van der Waals surface area contributed by atoms with E-state index < -0.39 is 0 Å². The lowest BCUT2D eigenvalue weighted by atomic mass is 10.2. The van der Waals surface area contributed by atoms with Crippen LogP contribution in [0.1, 0.15) is 15.9 Å². The first-order chi connectivity index (χ1) is 13.5. The summed E-state index contributed by atoms with van der Waals surface area (Å²) >= 11 is 6.08. The van der Waals surface area contributed by atoms with E-state index in [4.69, 9.17) is 21.1 Å². The van der Waals surface area contributed by atoms with Gasteiger partial charge in [0.1, 0.15) is 11.5 Å². The van der Waals surface area contributed by atoms with E-state index in [0.717, 1.165) is 11.3 Å². The van der Waals surface area contributed by atoms with Crippen LogP contribution in [-0.2, 0) is 0 Å². The van der Waals surface area contributed by atoms with Crippen LogP contribution in [0.3, 0.4) is 0 Å². The zero-order valence-corrected chi connectivity index (χ0v) is 16.4. The summed E-state index contributed by atoms with van der Waals surface area (Å²) < 4.78 is 10.4. The molecule has 0 bridgehead atoms. The Morgan fingerprint density at radius 1 is 1.00 bits per heavy atom. The molecule has 0 saturated carbocycles. The summed E-state index contributed by atoms with van der Waals surface area (Å²) in [5, 5.41) is 6.26. The molecule has 0 fully saturated rings. The first kappa shape index (κ1) is 19.4. The van der Waals surface area contributed by atoms with Crippen molar-refractivity contribution >= 4 is 34.8 Å². The van der Waals surface area contributed by atoms with E-state index in [0.29, 0.717) is 33.7 Å². The van der Waals surface area contributed by atoms with Crippen LogP contribution in [0.5, 0.6) is 11.5 Å². The largest absolute Gasteiger partial charge is 0.495 e. The summed E-state index contributed by atoms with van der Waals surface area (Å²) in [6, 6.07) is 11.0. The standard InChI is InChI=1S/C20H19ClN4O3/c1-12-6-4-5-7-15(12)25-20-22-10-13(11-23-20)19(26)24-16-9-17(27-2)14(21)8-18(16)28-3/h4-11H,1-3H3,(H,24,26)(H,22,23,25). The highest BCUT2D eigenvalue weighted by atomic mass is 35.5. The molecule has 3 rings (SSSR count). The zero-order chi connectivity index (χ0) is 20.1. The molecule has 7 nitrogen and oxygen atoms in total. The number of anilines is 3. The highest BCUT2D eigenvalue weighted by Crippen LogP contribution is 2.36. The number of aromatic nitrogens is 2. The Bertz CT molecular complexity index is 993. The first-order valence-corrected chi connectivity index (χ1v) is 8.77. The molecule has 28 heavy (non-hydrogen) atoms. The highest BCUT2D eigenvalue weighted by molar-refractivity contribution is 6.32. The topological polar surface area (TPSA) is 85.4 Å². The number of methoxy groups -OCH3 is 2. The van der Waals surface area contributed by atoms with Crippen molar-refractivity contribution in [2.24, 2.45) is 0 Å². The normalized spacial score (nSPS) is 10.3. The summed E-state index contributed by atoms with van der Waals surface area (Å²) in [5.74, 6) is 0.853. The van der Waals surface area contributed by atoms with E-state index in [9.17, 15) is 4.79 Å². The van der Waals surface area contributed by atoms with Crippen molar-refractivity contribution in [1.29, 1.82) is 0 Å². The molecule has 1 amide bonds. The molecular weight excluding hydrogens is 380 g/mol. The van der Waals surface area contributed by atoms with Gasteiger partial charge in [0.05, 0.1) is 30.5 Å². The van der Waals surface area contributed by atoms with Crippen LogP contribution < -0.4 is 20.1 Å². The number of halogens is 1. The van der Waals surface area contributed by atoms with Gasteiger partial charge in [-0.2, -0.15) is 0 Å². The van der Waals surface area contributed by atoms with Gasteiger partial charge in [-0.3, -0.25) is 4.79 Å². The third-order valence-electron chi connectivity index (χ3n) is 4.03. The fraction of sp³-hybridized carbons (Fsp3) is 0.150. The molecule has 8 heteroatoms. The number of nitrogens with one attached hydrogen (secondary N) is 2. The van der Waals surface area contributed by atoms with Gasteiger partial charge in [0.25, 0.3) is 5.91 Å². The van der Waals surface area contributed by atoms with Gasteiger partial charge in [0.15, 0.2) is 0 Å². The molecule has 0 aliphatic heterocycles. The van der Waals surface area contributed by atoms with Crippen LogP contribution in [0.4, 0.5) is 17.3 Å². The van der Waals surface area contributed by atoms with Gasteiger partial charge in [-0.1, -0.05) is 29.8 Å². The second-order valence-corrected chi connectivity index (χ2v) is 6.28. The van der Waals surface area contributed by atoms with E-state index in [1.165, 1.54) is 26.6 Å². The Hall–Kier alpha value is -3.32. The summed E-state index contributed by atoms with van der Waals surface area (Å²) in [6.07, 6.45) is 2.89. The number of carbonyl (C=O) groups excluding carboxylic acids is 1. The predicted octanol–water partition coefficient (Wildman–Crippen LogP) is 4.45. The van der Waals surface area contributed by atoms with Gasteiger partial charge in [-0.05, 0) is 18.6 Å². The van der Waals surface area contributed by atoms with Crippen molar-refractivity contribution in [2.45, 2.75) is 6.92 Å². The van der Waals surface area contributed by atoms with Crippen LogP contribution in [0.25, 0.3) is 0 Å². The molecular formula is C20H19ClN4O3. The number of hydrogen-bond donors (Lipinski definition) is 2. The smallest absolute Gasteiger partial charge is 0.258 e. The molecule has 0 aliphatic carbocycles. The van der Waals surface area contributed by atoms with Crippen LogP contribution in [-0.4, -0.2) is 30.1 Å². The molecule has 1 aromatic heterocycles. The molecule has 2 aromatic carbocycles. The summed E-state index contributed by atoms with van der Waals surface area (Å²) in [5.41, 5.74) is 2.69. The molecule has 0 radical (unpaired) electrons. The number of aryl methyl sites for hydroxylation is 1. The zero-order valence-electron chi connectivity index (χ0n) is 15.6. The number of rotatable bonds is 6. The average molecular weight is 399 g/mol. The van der Waals surface area contributed by atoms with Gasteiger partial charge < -0.3 is 20.1 Å². The van der Waals surface area contributed by atoms with Crippen molar-refractivity contribution in [3.63, 3.8) is 0 Å². The Labute approximate surface area is 167 Å². The van der Waals surface area contributed by atoms with Gasteiger partial charge in [0.2, 0.25) is 5.95 Å². The lowest BCUT2D eigenvalue weighted by Crippen LogP contribution is -2.14. The van der Waals surface area contributed by atoms with Crippen molar-refractivity contribution in [3.8, 4) is 11.5 Å². The predicted molar refractivity (Wildman–Crippen MR) is 109 cm³/mol. The number of benzene rings is 2. The van der Waals surface area contributed by atoms with Crippen LogP contribution in [0, 0.1) is 6.92 Å². The SMILES string of the molecule is COc1cc(NC(=O)c2cnc(Nc3ccccc3C)nc2)c(OC)cc1Cl. The Kier molecular flexibility index (Phi) is 5.96. The first-order valence-electron chi connectivity index (χ1n) is 8.39. The fourth-order valence-corrected chi connectivity index (χ4v) is 2.73. The maximum absolute atomic E-state index is 12.5. The van der Waals surface area contributed by atoms with E-state index in [2.05, 4.69) is 20.6 Å². The third kappa shape index (κ3) is 4.32. The number of amides is 1. The molecule has 3 aromatic rings. The van der Waals surface area contributed by atoms with Crippen LogP contribution in [0.2, 0.25) is 5.02 Å². The molecule has 0 saturated heterocycles. The lowest BCUT2D eigenvalue weighted by Gasteiger charge is -2.13. The molecule has 1 heterocycles. The molecule has 0 spiro atoms. The van der Waals surface area contributed by atoms with Crippen molar-refractivity contribution < 1.29 is 14.3 Å². The van der Waals surface area contributed by atoms with E-state index >= 15 is 0 Å². The fourth-order valence-electron chi connectivity index (χ4n) is 2.50. The quantitative estimate of drug-likeness (QED) is 0.638. The monoisotopic (exact) mass is 398 g/mol. The Morgan fingerprint density at radius 3 is 2.32 bits per heavy atom. The molecule has 0 aliphatic rings. The van der Waals surface area contributed by atoms with E-state index in [1.54, 1.807) is 12.1 Å². The van der Waals surface area contributed by atoms with E-state index in [1.807, 2.05) is 31.2 Å². The van der Waals surface area contributed by atoms with Crippen LogP contribution in [0.15, 0.2) is 48.8 Å². The van der Waals surface area contributed by atoms with Crippen molar-refractivity contribution in [2.75, 3.05) is 24.9 Å². The average Bonchev–Trinajstić information content (AvgIpc) is 2.71. The Morgan fingerprint density at radius 2 is 1.68 bits per heavy atom. The minimum atomic E-state index is -0.384. The molecule has 2 N–H and O–H groups in total. The maximum atomic E-state index is 12.5. The number of para-hydroxylation sites is 1. The number of carbonyl (C=O) groups is 1. The molecule has 0 unspecified atom stereocenters. The minimum Gasteiger partial charge on any atom is -0.495 e. The maximum Gasteiger partial charge on any atom is 0.258 e. The lowest BCUT2D eigenvalue weighted by molar-refractivity contribution is 0.102. The van der Waals surface area contributed by atoms with Crippen LogP contribution >= 0.6 is 11.6 Å². The highest BCUT2D eigenvalue weighted by Gasteiger charge is 2.14. The second kappa shape index (κ2) is 8.58. The summed E-state index contributed by atoms with van der Waals surface area (Å²) in [4.78, 5) is 21.0.